The van der Waals surface area contributed by atoms with Gasteiger partial charge in [0.25, 0.3) is 0 Å². The number of carbonyl (C=O) groups is 3. The zero-order valence-electron chi connectivity index (χ0n) is 36.3. The fourth-order valence-corrected chi connectivity index (χ4v) is 9.36. The summed E-state index contributed by atoms with van der Waals surface area (Å²) in [7, 11) is 0. The molecule has 0 radical (unpaired) electrons. The average molecular weight is 826 g/mol. The molecular weight excluding hydrogens is 755 g/mol. The normalized spacial score (nSPS) is 23.0. The van der Waals surface area contributed by atoms with E-state index in [0.717, 1.165) is 73.7 Å². The van der Waals surface area contributed by atoms with E-state index in [9.17, 15) is 14.4 Å². The molecule has 0 N–H and O–H groups in total. The lowest BCUT2D eigenvalue weighted by atomic mass is 9.68. The van der Waals surface area contributed by atoms with Crippen molar-refractivity contribution in [2.45, 2.75) is 135 Å². The summed E-state index contributed by atoms with van der Waals surface area (Å²) in [5, 5.41) is 0. The quantitative estimate of drug-likeness (QED) is 0.0338. The Balaban J connectivity index is 1.08. The molecule has 0 unspecified atom stereocenters. The molecule has 2 aromatic carbocycles. The van der Waals surface area contributed by atoms with Crippen molar-refractivity contribution in [3.8, 4) is 17.2 Å². The Morgan fingerprint density at radius 1 is 0.667 bits per heavy atom. The van der Waals surface area contributed by atoms with Crippen molar-refractivity contribution >= 4 is 24.1 Å². The topological polar surface area (TPSA) is 110 Å². The number of aliphatic imine (C=N–C) groups is 1. The van der Waals surface area contributed by atoms with Crippen LogP contribution in [0.25, 0.3) is 0 Å². The molecule has 0 bridgehead atoms. The average Bonchev–Trinajstić information content (AvgIpc) is 3.29. The highest BCUT2D eigenvalue weighted by molar-refractivity contribution is 5.84. The van der Waals surface area contributed by atoms with E-state index in [1.165, 1.54) is 88.7 Å². The van der Waals surface area contributed by atoms with Crippen molar-refractivity contribution in [3.63, 3.8) is 0 Å². The second-order valence-corrected chi connectivity index (χ2v) is 17.3. The predicted molar refractivity (Wildman–Crippen MR) is 238 cm³/mol. The minimum absolute atomic E-state index is 0.140. The molecule has 0 amide bonds. The van der Waals surface area contributed by atoms with Crippen LogP contribution in [0.4, 0.5) is 0 Å². The Bertz CT molecular complexity index is 1650. The van der Waals surface area contributed by atoms with Gasteiger partial charge in [0.2, 0.25) is 0 Å². The van der Waals surface area contributed by atoms with E-state index < -0.39 is 11.9 Å². The molecule has 3 aliphatic rings. The molecule has 0 spiro atoms. The summed E-state index contributed by atoms with van der Waals surface area (Å²) in [5.74, 6) is 4.54. The van der Waals surface area contributed by atoms with Gasteiger partial charge in [0.15, 0.2) is 0 Å². The van der Waals surface area contributed by atoms with Gasteiger partial charge in [0.1, 0.15) is 17.2 Å². The number of unbranched alkanes of at least 4 members (excludes halogenated alkanes) is 3. The molecule has 9 nitrogen and oxygen atoms in total. The Morgan fingerprint density at radius 2 is 1.30 bits per heavy atom. The van der Waals surface area contributed by atoms with E-state index in [-0.39, 0.29) is 18.5 Å². The first kappa shape index (κ1) is 46.7. The van der Waals surface area contributed by atoms with Crippen LogP contribution < -0.4 is 14.2 Å². The smallest absolute Gasteiger partial charge is 0.330 e. The molecular formula is C51H71NO8. The van der Waals surface area contributed by atoms with Crippen molar-refractivity contribution in [1.29, 1.82) is 0 Å². The molecule has 0 aromatic heterocycles. The lowest BCUT2D eigenvalue weighted by Gasteiger charge is -2.38. The minimum atomic E-state index is -0.447. The highest BCUT2D eigenvalue weighted by Gasteiger charge is 2.32. The third kappa shape index (κ3) is 15.9. The third-order valence-electron chi connectivity index (χ3n) is 13.0. The molecule has 5 rings (SSSR count). The summed E-state index contributed by atoms with van der Waals surface area (Å²) in [6.45, 7) is 11.4. The molecule has 0 heterocycles. The molecule has 3 fully saturated rings. The lowest BCUT2D eigenvalue weighted by Crippen LogP contribution is -2.27. The number of benzene rings is 2. The molecule has 328 valence electrons. The first-order valence-corrected chi connectivity index (χ1v) is 23.1. The van der Waals surface area contributed by atoms with Crippen LogP contribution in [0.2, 0.25) is 0 Å². The van der Waals surface area contributed by atoms with E-state index in [0.29, 0.717) is 56.1 Å². The van der Waals surface area contributed by atoms with Gasteiger partial charge in [-0.1, -0.05) is 64.7 Å². The highest BCUT2D eigenvalue weighted by Crippen LogP contribution is 2.45. The molecule has 2 aromatic rings. The summed E-state index contributed by atoms with van der Waals surface area (Å²) < 4.78 is 28.0. The summed E-state index contributed by atoms with van der Waals surface area (Å²) >= 11 is 0. The molecule has 3 aliphatic carbocycles. The minimum Gasteiger partial charge on any atom is -0.493 e. The van der Waals surface area contributed by atoms with Gasteiger partial charge in [-0.3, -0.25) is 9.79 Å². The van der Waals surface area contributed by atoms with Crippen LogP contribution in [0.15, 0.2) is 72.8 Å². The SMILES string of the molecule is C=CC(=O)OCCCCN=Cc1cc(C2CCC(C3CCC(CCCCC)CC3)CC2)ccc1OCC1CCC(C(=O)Oc2ccc(OCCCOC(=O)C=C)cc2)CC1. The zero-order chi connectivity index (χ0) is 42.4. The fraction of sp³-hybridized carbons (Fsp3) is 0.608. The fourth-order valence-electron chi connectivity index (χ4n) is 9.36. The van der Waals surface area contributed by atoms with Crippen molar-refractivity contribution in [2.75, 3.05) is 33.0 Å². The third-order valence-corrected chi connectivity index (χ3v) is 13.0. The van der Waals surface area contributed by atoms with Crippen molar-refractivity contribution in [3.05, 3.63) is 78.9 Å². The Kier molecular flexibility index (Phi) is 20.3. The Labute approximate surface area is 359 Å². The largest absolute Gasteiger partial charge is 0.493 e. The predicted octanol–water partition coefficient (Wildman–Crippen LogP) is 11.6. The van der Waals surface area contributed by atoms with Gasteiger partial charge in [0.05, 0.1) is 32.3 Å². The maximum atomic E-state index is 13.1. The monoisotopic (exact) mass is 826 g/mol. The summed E-state index contributed by atoms with van der Waals surface area (Å²) in [6, 6.07) is 13.8. The lowest BCUT2D eigenvalue weighted by molar-refractivity contribution is -0.140. The first-order valence-electron chi connectivity index (χ1n) is 23.1. The first-order chi connectivity index (χ1) is 29.3. The van der Waals surface area contributed by atoms with Gasteiger partial charge in [-0.2, -0.15) is 0 Å². The number of esters is 3. The number of ether oxygens (including phenoxy) is 5. The van der Waals surface area contributed by atoms with Gasteiger partial charge >= 0.3 is 17.9 Å². The molecule has 60 heavy (non-hydrogen) atoms. The number of hydrogen-bond donors (Lipinski definition) is 0. The van der Waals surface area contributed by atoms with Gasteiger partial charge in [-0.05, 0) is 149 Å². The van der Waals surface area contributed by atoms with Crippen LogP contribution >= 0.6 is 0 Å². The molecule has 9 heteroatoms. The van der Waals surface area contributed by atoms with E-state index >= 15 is 0 Å². The maximum Gasteiger partial charge on any atom is 0.330 e. The van der Waals surface area contributed by atoms with Crippen LogP contribution in [-0.2, 0) is 23.9 Å². The van der Waals surface area contributed by atoms with Gasteiger partial charge in [-0.25, -0.2) is 9.59 Å². The standard InChI is InChI=1S/C51H71NO8/c1-4-7-8-12-38-13-17-40(18-14-38)41-21-23-42(24-22-41)44-25-30-48(45(35-44)36-52-31-9-10-32-57-49(53)5-2)59-37-39-15-19-43(20-16-39)51(55)60-47-28-26-46(27-29-47)56-33-11-34-58-50(54)6-3/h5-6,25-30,35-36,38-43H,2-4,7-24,31-34,37H2,1H3. The van der Waals surface area contributed by atoms with Crippen LogP contribution in [0.3, 0.4) is 0 Å². The summed E-state index contributed by atoms with van der Waals surface area (Å²) in [4.78, 5) is 40.4. The Hall–Kier alpha value is -4.40. The van der Waals surface area contributed by atoms with Gasteiger partial charge < -0.3 is 23.7 Å². The van der Waals surface area contributed by atoms with E-state index in [1.807, 2.05) is 6.21 Å². The highest BCUT2D eigenvalue weighted by atomic mass is 16.5. The molecule has 0 aliphatic heterocycles. The molecule has 3 saturated carbocycles. The number of rotatable bonds is 24. The van der Waals surface area contributed by atoms with E-state index in [4.69, 9.17) is 28.7 Å². The summed E-state index contributed by atoms with van der Waals surface area (Å²) in [5.41, 5.74) is 2.42. The molecule has 0 saturated heterocycles. The van der Waals surface area contributed by atoms with Gasteiger partial charge in [0, 0.05) is 36.9 Å². The van der Waals surface area contributed by atoms with Crippen LogP contribution in [0.1, 0.15) is 146 Å². The second-order valence-electron chi connectivity index (χ2n) is 17.3. The number of carbonyl (C=O) groups excluding carboxylic acids is 3. The van der Waals surface area contributed by atoms with E-state index in [2.05, 4.69) is 38.3 Å². The van der Waals surface area contributed by atoms with Crippen molar-refractivity contribution in [1.82, 2.24) is 0 Å². The van der Waals surface area contributed by atoms with Crippen molar-refractivity contribution < 1.29 is 38.1 Å². The van der Waals surface area contributed by atoms with Crippen LogP contribution in [0, 0.1) is 29.6 Å². The zero-order valence-corrected chi connectivity index (χ0v) is 36.3. The number of nitrogens with zero attached hydrogens (tertiary/aromatic N) is 1. The van der Waals surface area contributed by atoms with Crippen LogP contribution in [-0.4, -0.2) is 57.1 Å². The number of hydrogen-bond acceptors (Lipinski definition) is 9. The molecule has 0 atom stereocenters. The summed E-state index contributed by atoms with van der Waals surface area (Å²) in [6.07, 6.45) is 26.3. The second kappa shape index (κ2) is 26.0. The van der Waals surface area contributed by atoms with Gasteiger partial charge in [-0.15, -0.1) is 0 Å². The van der Waals surface area contributed by atoms with E-state index in [1.54, 1.807) is 24.3 Å². The van der Waals surface area contributed by atoms with Crippen molar-refractivity contribution in [2.24, 2.45) is 34.6 Å². The maximum absolute atomic E-state index is 13.1. The van der Waals surface area contributed by atoms with Crippen LogP contribution in [0.5, 0.6) is 17.2 Å². The Morgan fingerprint density at radius 3 is 1.97 bits per heavy atom.